The van der Waals surface area contributed by atoms with Crippen LogP contribution in [0.3, 0.4) is 0 Å². The van der Waals surface area contributed by atoms with Gasteiger partial charge in [0.25, 0.3) is 0 Å². The predicted molar refractivity (Wildman–Crippen MR) is 100.0 cm³/mol. The third kappa shape index (κ3) is 3.07. The van der Waals surface area contributed by atoms with E-state index in [4.69, 9.17) is 0 Å². The van der Waals surface area contributed by atoms with Crippen molar-refractivity contribution in [2.75, 3.05) is 20.6 Å². The Kier molecular flexibility index (Phi) is 4.82. The number of benzene rings is 1. The maximum atomic E-state index is 14.0. The summed E-state index contributed by atoms with van der Waals surface area (Å²) in [6.45, 7) is 1.04. The molecule has 4 rings (SSSR count). The van der Waals surface area contributed by atoms with Crippen molar-refractivity contribution in [3.05, 3.63) is 40.5 Å². The van der Waals surface area contributed by atoms with Crippen molar-refractivity contribution < 1.29 is 4.39 Å². The number of thiophene rings is 1. The number of halogens is 2. The highest BCUT2D eigenvalue weighted by Crippen LogP contribution is 2.51. The summed E-state index contributed by atoms with van der Waals surface area (Å²) in [4.78, 5) is 3.58. The zero-order valence-corrected chi connectivity index (χ0v) is 15.3. The molecule has 2 bridgehead atoms. The van der Waals surface area contributed by atoms with Crippen molar-refractivity contribution in [2.45, 2.75) is 25.7 Å². The molecule has 0 radical (unpaired) electrons. The standard InChI is InChI=1S/C19H22FNS.ClH/c1-21(2)11-15-9-12-6-7-13(8-12)18(15)17-10-14-4-3-5-16(20)19(14)22-17;/h3-5,10,12-13H,6-9,11H2,1-2H3;1H. The first-order valence-electron chi connectivity index (χ1n) is 8.17. The van der Waals surface area contributed by atoms with E-state index in [1.54, 1.807) is 28.5 Å². The Morgan fingerprint density at radius 2 is 2.09 bits per heavy atom. The minimum atomic E-state index is -0.0800. The van der Waals surface area contributed by atoms with Crippen LogP contribution in [0.1, 0.15) is 30.6 Å². The van der Waals surface area contributed by atoms with Gasteiger partial charge in [0.05, 0.1) is 4.70 Å². The second kappa shape index (κ2) is 6.54. The third-order valence-electron chi connectivity index (χ3n) is 5.13. The fraction of sp³-hybridized carbons (Fsp3) is 0.474. The van der Waals surface area contributed by atoms with E-state index in [2.05, 4.69) is 25.1 Å². The Balaban J connectivity index is 0.00000156. The molecule has 23 heavy (non-hydrogen) atoms. The summed E-state index contributed by atoms with van der Waals surface area (Å²) >= 11 is 1.65. The maximum absolute atomic E-state index is 14.0. The summed E-state index contributed by atoms with van der Waals surface area (Å²) in [5.41, 5.74) is 3.14. The summed E-state index contributed by atoms with van der Waals surface area (Å²) in [5, 5.41) is 1.05. The number of allylic oxidation sites excluding steroid dienone is 1. The Hall–Kier alpha value is -0.900. The van der Waals surface area contributed by atoms with Crippen molar-refractivity contribution in [1.82, 2.24) is 4.90 Å². The average molecular weight is 352 g/mol. The highest BCUT2D eigenvalue weighted by molar-refractivity contribution is 7.20. The molecule has 1 heterocycles. The van der Waals surface area contributed by atoms with Gasteiger partial charge in [-0.1, -0.05) is 17.7 Å². The molecule has 1 aromatic carbocycles. The highest BCUT2D eigenvalue weighted by atomic mass is 35.5. The average Bonchev–Trinajstić information content (AvgIpc) is 3.04. The normalized spacial score (nSPS) is 23.7. The first-order valence-corrected chi connectivity index (χ1v) is 8.98. The van der Waals surface area contributed by atoms with E-state index in [1.165, 1.54) is 30.6 Å². The fourth-order valence-corrected chi connectivity index (χ4v) is 5.57. The molecule has 2 atom stereocenters. The second-order valence-electron chi connectivity index (χ2n) is 7.10. The SMILES string of the molecule is CN(C)CC1=C(c2cc3cccc(F)c3s2)C2CCC(C1)C2.Cl. The second-order valence-corrected chi connectivity index (χ2v) is 8.16. The number of fused-ring (bicyclic) bond motifs is 3. The van der Waals surface area contributed by atoms with Crippen LogP contribution >= 0.6 is 23.7 Å². The molecule has 0 amide bonds. The van der Waals surface area contributed by atoms with Crippen molar-refractivity contribution in [2.24, 2.45) is 11.8 Å². The smallest absolute Gasteiger partial charge is 0.141 e. The van der Waals surface area contributed by atoms with Crippen LogP contribution in [-0.2, 0) is 0 Å². The quantitative estimate of drug-likeness (QED) is 0.696. The zero-order valence-electron chi connectivity index (χ0n) is 13.6. The van der Waals surface area contributed by atoms with E-state index in [1.807, 2.05) is 12.1 Å². The molecule has 2 aliphatic rings. The number of nitrogens with zero attached hydrogens (tertiary/aromatic N) is 1. The van der Waals surface area contributed by atoms with E-state index in [9.17, 15) is 4.39 Å². The minimum absolute atomic E-state index is 0. The maximum Gasteiger partial charge on any atom is 0.141 e. The molecule has 4 heteroatoms. The van der Waals surface area contributed by atoms with Crippen LogP contribution in [0.15, 0.2) is 29.8 Å². The molecule has 0 aliphatic heterocycles. The summed E-state index contributed by atoms with van der Waals surface area (Å²) < 4.78 is 14.9. The molecule has 1 fully saturated rings. The first kappa shape index (κ1) is 16.9. The lowest BCUT2D eigenvalue weighted by Gasteiger charge is -2.28. The molecule has 124 valence electrons. The number of rotatable bonds is 3. The fourth-order valence-electron chi connectivity index (χ4n) is 4.34. The van der Waals surface area contributed by atoms with Crippen LogP contribution in [0, 0.1) is 17.7 Å². The molecule has 0 N–H and O–H groups in total. The molecular formula is C19H23ClFNS. The Labute approximate surface area is 147 Å². The van der Waals surface area contributed by atoms with Crippen LogP contribution in [-0.4, -0.2) is 25.5 Å². The van der Waals surface area contributed by atoms with E-state index < -0.39 is 0 Å². The first-order chi connectivity index (χ1) is 10.6. The van der Waals surface area contributed by atoms with Crippen LogP contribution in [0.2, 0.25) is 0 Å². The van der Waals surface area contributed by atoms with Gasteiger partial charge in [-0.2, -0.15) is 0 Å². The zero-order chi connectivity index (χ0) is 15.3. The van der Waals surface area contributed by atoms with Crippen molar-refractivity contribution in [3.63, 3.8) is 0 Å². The van der Waals surface area contributed by atoms with Gasteiger partial charge in [-0.15, -0.1) is 23.7 Å². The Bertz CT molecular complexity index is 749. The molecule has 2 unspecified atom stereocenters. The molecule has 1 aromatic heterocycles. The predicted octanol–water partition coefficient (Wildman–Crippen LogP) is 5.60. The van der Waals surface area contributed by atoms with Gasteiger partial charge in [-0.25, -0.2) is 4.39 Å². The van der Waals surface area contributed by atoms with Gasteiger partial charge in [0.1, 0.15) is 5.82 Å². The lowest BCUT2D eigenvalue weighted by atomic mass is 9.82. The van der Waals surface area contributed by atoms with Crippen LogP contribution < -0.4 is 0 Å². The van der Waals surface area contributed by atoms with Gasteiger partial charge >= 0.3 is 0 Å². The number of hydrogen-bond acceptors (Lipinski definition) is 2. The summed E-state index contributed by atoms with van der Waals surface area (Å²) in [6, 6.07) is 7.64. The topological polar surface area (TPSA) is 3.24 Å². The Morgan fingerprint density at radius 1 is 1.26 bits per heavy atom. The monoisotopic (exact) mass is 351 g/mol. The van der Waals surface area contributed by atoms with E-state index in [0.29, 0.717) is 5.92 Å². The van der Waals surface area contributed by atoms with E-state index in [0.717, 1.165) is 22.5 Å². The number of likely N-dealkylation sites (N-methyl/N-ethyl adjacent to an activating group) is 1. The summed E-state index contributed by atoms with van der Waals surface area (Å²) in [7, 11) is 4.29. The molecule has 2 aliphatic carbocycles. The molecule has 0 saturated heterocycles. The number of hydrogen-bond donors (Lipinski definition) is 0. The molecule has 1 saturated carbocycles. The molecule has 1 nitrogen and oxygen atoms in total. The van der Waals surface area contributed by atoms with Gasteiger partial charge in [0, 0.05) is 11.4 Å². The molecule has 2 aromatic rings. The largest absolute Gasteiger partial charge is 0.305 e. The van der Waals surface area contributed by atoms with Crippen molar-refractivity contribution in [1.29, 1.82) is 0 Å². The van der Waals surface area contributed by atoms with Gasteiger partial charge in [0.15, 0.2) is 0 Å². The lowest BCUT2D eigenvalue weighted by molar-refractivity contribution is 0.413. The summed E-state index contributed by atoms with van der Waals surface area (Å²) in [5.74, 6) is 1.50. The Morgan fingerprint density at radius 3 is 2.83 bits per heavy atom. The molecule has 0 spiro atoms. The highest BCUT2D eigenvalue weighted by Gasteiger charge is 2.35. The van der Waals surface area contributed by atoms with E-state index >= 15 is 0 Å². The minimum Gasteiger partial charge on any atom is -0.305 e. The van der Waals surface area contributed by atoms with Gasteiger partial charge in [-0.05, 0) is 74.7 Å². The summed E-state index contributed by atoms with van der Waals surface area (Å²) in [6.07, 6.45) is 5.25. The van der Waals surface area contributed by atoms with Gasteiger partial charge < -0.3 is 4.90 Å². The lowest BCUT2D eigenvalue weighted by Crippen LogP contribution is -2.21. The van der Waals surface area contributed by atoms with E-state index in [-0.39, 0.29) is 18.2 Å². The van der Waals surface area contributed by atoms with Gasteiger partial charge in [0.2, 0.25) is 0 Å². The van der Waals surface area contributed by atoms with Crippen molar-refractivity contribution in [3.8, 4) is 0 Å². The molecular weight excluding hydrogens is 329 g/mol. The van der Waals surface area contributed by atoms with Crippen LogP contribution in [0.5, 0.6) is 0 Å². The van der Waals surface area contributed by atoms with Crippen LogP contribution in [0.4, 0.5) is 4.39 Å². The van der Waals surface area contributed by atoms with Gasteiger partial charge in [-0.3, -0.25) is 0 Å². The third-order valence-corrected chi connectivity index (χ3v) is 6.33. The van der Waals surface area contributed by atoms with Crippen molar-refractivity contribution >= 4 is 39.4 Å². The van der Waals surface area contributed by atoms with Crippen LogP contribution in [0.25, 0.3) is 15.7 Å².